The van der Waals surface area contributed by atoms with E-state index in [-0.39, 0.29) is 47.8 Å². The normalized spacial score (nSPS) is 15.0. The van der Waals surface area contributed by atoms with Crippen LogP contribution in [-0.4, -0.2) is 61.6 Å². The number of aromatic nitrogens is 5. The van der Waals surface area contributed by atoms with Crippen LogP contribution in [0.1, 0.15) is 28.0 Å². The molecule has 0 bridgehead atoms. The number of nitriles is 1. The molecule has 3 aromatic heterocycles. The monoisotopic (exact) mass is 566 g/mol. The summed E-state index contributed by atoms with van der Waals surface area (Å²) in [5.41, 5.74) is 0.604. The van der Waals surface area contributed by atoms with Gasteiger partial charge in [-0.15, -0.1) is 0 Å². The Morgan fingerprint density at radius 1 is 1.27 bits per heavy atom. The molecular weight excluding hydrogens is 541 g/mol. The van der Waals surface area contributed by atoms with E-state index >= 15 is 0 Å². The lowest BCUT2D eigenvalue weighted by molar-refractivity contribution is -0.141. The van der Waals surface area contributed by atoms with Crippen LogP contribution in [-0.2, 0) is 17.5 Å². The molecular formula is C26H25F3N10O2. The Morgan fingerprint density at radius 2 is 2.10 bits per heavy atom. The van der Waals surface area contributed by atoms with Crippen molar-refractivity contribution in [3.63, 3.8) is 0 Å². The van der Waals surface area contributed by atoms with Crippen molar-refractivity contribution in [2.45, 2.75) is 32.1 Å². The lowest BCUT2D eigenvalue weighted by atomic mass is 10.1. The topological polar surface area (TPSA) is 154 Å². The zero-order valence-electron chi connectivity index (χ0n) is 21.8. The molecule has 1 atom stereocenters. The van der Waals surface area contributed by atoms with Crippen LogP contribution >= 0.6 is 0 Å². The molecule has 0 aliphatic carbocycles. The summed E-state index contributed by atoms with van der Waals surface area (Å²) < 4.78 is 43.5. The lowest BCUT2D eigenvalue weighted by Crippen LogP contribution is -2.42. The van der Waals surface area contributed by atoms with E-state index in [1.807, 2.05) is 0 Å². The SMILES string of the molecule is Cc1cc(Nc2nccn3c(-c4cn(CC#N)nc4C(F)(F)F)cnc23)ccc1C(=O)NCC(=O)N[C@@H]1CCNC1. The first-order chi connectivity index (χ1) is 19.6. The van der Waals surface area contributed by atoms with Gasteiger partial charge in [0.2, 0.25) is 5.91 Å². The Morgan fingerprint density at radius 3 is 2.80 bits per heavy atom. The van der Waals surface area contributed by atoms with Gasteiger partial charge in [0.1, 0.15) is 6.54 Å². The molecule has 1 aliphatic rings. The van der Waals surface area contributed by atoms with Gasteiger partial charge >= 0.3 is 6.18 Å². The van der Waals surface area contributed by atoms with Gasteiger partial charge in [-0.25, -0.2) is 9.97 Å². The number of nitrogens with zero attached hydrogens (tertiary/aromatic N) is 6. The molecule has 41 heavy (non-hydrogen) atoms. The van der Waals surface area contributed by atoms with E-state index in [0.717, 1.165) is 23.8 Å². The second-order valence-electron chi connectivity index (χ2n) is 9.45. The van der Waals surface area contributed by atoms with Crippen LogP contribution in [0.2, 0.25) is 0 Å². The minimum absolute atomic E-state index is 0.0590. The van der Waals surface area contributed by atoms with Crippen molar-refractivity contribution in [1.29, 1.82) is 5.26 Å². The number of carbonyl (C=O) groups excluding carboxylic acids is 2. The van der Waals surface area contributed by atoms with E-state index in [1.54, 1.807) is 31.2 Å². The summed E-state index contributed by atoms with van der Waals surface area (Å²) in [6, 6.07) is 6.80. The summed E-state index contributed by atoms with van der Waals surface area (Å²) >= 11 is 0. The maximum atomic E-state index is 13.7. The molecule has 1 saturated heterocycles. The predicted molar refractivity (Wildman–Crippen MR) is 141 cm³/mol. The third-order valence-corrected chi connectivity index (χ3v) is 6.54. The summed E-state index contributed by atoms with van der Waals surface area (Å²) in [5, 5.41) is 24.2. The van der Waals surface area contributed by atoms with Gasteiger partial charge in [0.15, 0.2) is 17.2 Å². The predicted octanol–water partition coefficient (Wildman–Crippen LogP) is 2.40. The van der Waals surface area contributed by atoms with Crippen molar-refractivity contribution < 1.29 is 22.8 Å². The highest BCUT2D eigenvalue weighted by atomic mass is 19.4. The summed E-state index contributed by atoms with van der Waals surface area (Å²) in [6.07, 6.45) is 1.43. The van der Waals surface area contributed by atoms with Gasteiger partial charge in [0.25, 0.3) is 5.91 Å². The molecule has 0 radical (unpaired) electrons. The van der Waals surface area contributed by atoms with Crippen LogP contribution in [0, 0.1) is 18.3 Å². The number of benzene rings is 1. The van der Waals surface area contributed by atoms with Crippen LogP contribution in [0.4, 0.5) is 24.7 Å². The Kier molecular flexibility index (Phi) is 7.58. The molecule has 5 rings (SSSR count). The standard InChI is InChI=1S/C26H25F3N10O2/c1-15-10-16(2-3-18(15)25(41)34-13-21(40)35-17-4-6-31-11-17)36-23-24-33-12-20(39(24)9-7-32-23)19-14-38(8-5-30)37-22(19)26(27,28)29/h2-3,7,9-10,12,14,17,31H,4,6,8,11,13H2,1H3,(H,32,36)(H,34,41)(H,35,40)/t17-/m1/s1. The average Bonchev–Trinajstić information content (AvgIpc) is 3.67. The van der Waals surface area contributed by atoms with Crippen molar-refractivity contribution >= 4 is 29.0 Å². The first-order valence-electron chi connectivity index (χ1n) is 12.6. The summed E-state index contributed by atoms with van der Waals surface area (Å²) in [5.74, 6) is -0.392. The molecule has 4 heterocycles. The largest absolute Gasteiger partial charge is 0.435 e. The minimum Gasteiger partial charge on any atom is -0.351 e. The zero-order valence-corrected chi connectivity index (χ0v) is 21.8. The van der Waals surface area contributed by atoms with E-state index in [0.29, 0.717) is 23.4 Å². The minimum atomic E-state index is -4.74. The second-order valence-corrected chi connectivity index (χ2v) is 9.45. The fraction of sp³-hybridized carbons (Fsp3) is 0.308. The number of hydrogen-bond donors (Lipinski definition) is 4. The Bertz CT molecular complexity index is 1650. The van der Waals surface area contributed by atoms with Gasteiger partial charge in [-0.3, -0.25) is 18.7 Å². The number of hydrogen-bond acceptors (Lipinski definition) is 8. The highest BCUT2D eigenvalue weighted by Crippen LogP contribution is 2.37. The summed E-state index contributed by atoms with van der Waals surface area (Å²) in [4.78, 5) is 33.4. The molecule has 2 amide bonds. The Balaban J connectivity index is 1.33. The number of fused-ring (bicyclic) bond motifs is 1. The number of amides is 2. The van der Waals surface area contributed by atoms with Crippen LogP contribution in [0.15, 0.2) is 43.0 Å². The number of rotatable bonds is 8. The summed E-state index contributed by atoms with van der Waals surface area (Å²) in [7, 11) is 0. The number of nitrogens with one attached hydrogen (secondary N) is 4. The van der Waals surface area contributed by atoms with Crippen LogP contribution in [0.5, 0.6) is 0 Å². The lowest BCUT2D eigenvalue weighted by Gasteiger charge is -2.13. The third kappa shape index (κ3) is 5.97. The molecule has 4 aromatic rings. The molecule has 1 aromatic carbocycles. The number of anilines is 2. The number of aryl methyl sites for hydroxylation is 1. The van der Waals surface area contributed by atoms with Gasteiger partial charge in [-0.05, 0) is 43.7 Å². The van der Waals surface area contributed by atoms with Crippen molar-refractivity contribution in [2.75, 3.05) is 25.0 Å². The van der Waals surface area contributed by atoms with E-state index in [4.69, 9.17) is 5.26 Å². The molecule has 1 aliphatic heterocycles. The fourth-order valence-corrected chi connectivity index (χ4v) is 4.62. The van der Waals surface area contributed by atoms with E-state index in [2.05, 4.69) is 36.3 Å². The number of halogens is 3. The zero-order chi connectivity index (χ0) is 29.1. The number of alkyl halides is 3. The number of imidazole rings is 1. The molecule has 0 spiro atoms. The maximum absolute atomic E-state index is 13.7. The van der Waals surface area contributed by atoms with Gasteiger partial charge in [0, 0.05) is 42.4 Å². The first kappa shape index (κ1) is 27.6. The average molecular weight is 567 g/mol. The van der Waals surface area contributed by atoms with Crippen molar-refractivity contribution in [3.05, 3.63) is 59.8 Å². The van der Waals surface area contributed by atoms with Gasteiger partial charge in [-0.1, -0.05) is 0 Å². The Labute approximate surface area is 231 Å². The van der Waals surface area contributed by atoms with Crippen molar-refractivity contribution in [3.8, 4) is 17.3 Å². The molecule has 4 N–H and O–H groups in total. The van der Waals surface area contributed by atoms with Gasteiger partial charge in [0.05, 0.1) is 30.1 Å². The number of carbonyl (C=O) groups is 2. The van der Waals surface area contributed by atoms with E-state index in [1.165, 1.54) is 23.0 Å². The Hall–Kier alpha value is -4.97. The fourth-order valence-electron chi connectivity index (χ4n) is 4.62. The molecule has 0 unspecified atom stereocenters. The van der Waals surface area contributed by atoms with Crippen LogP contribution < -0.4 is 21.3 Å². The van der Waals surface area contributed by atoms with E-state index < -0.39 is 17.8 Å². The smallest absolute Gasteiger partial charge is 0.351 e. The van der Waals surface area contributed by atoms with E-state index in [9.17, 15) is 22.8 Å². The molecule has 12 nitrogen and oxygen atoms in total. The van der Waals surface area contributed by atoms with Crippen molar-refractivity contribution in [2.24, 2.45) is 0 Å². The third-order valence-electron chi connectivity index (χ3n) is 6.54. The van der Waals surface area contributed by atoms with Gasteiger partial charge < -0.3 is 21.3 Å². The molecule has 212 valence electrons. The molecule has 1 fully saturated rings. The quantitative estimate of drug-likeness (QED) is 0.254. The summed E-state index contributed by atoms with van der Waals surface area (Å²) in [6.45, 7) is 2.80. The molecule has 0 saturated carbocycles. The highest BCUT2D eigenvalue weighted by molar-refractivity contribution is 5.98. The highest BCUT2D eigenvalue weighted by Gasteiger charge is 2.38. The second kappa shape index (κ2) is 11.3. The maximum Gasteiger partial charge on any atom is 0.435 e. The first-order valence-corrected chi connectivity index (χ1v) is 12.6. The van der Waals surface area contributed by atoms with Crippen LogP contribution in [0.3, 0.4) is 0 Å². The van der Waals surface area contributed by atoms with Gasteiger partial charge in [-0.2, -0.15) is 23.5 Å². The van der Waals surface area contributed by atoms with Crippen LogP contribution in [0.25, 0.3) is 16.9 Å². The van der Waals surface area contributed by atoms with Crippen molar-refractivity contribution in [1.82, 2.24) is 40.1 Å². The molecule has 15 heteroatoms.